The highest BCUT2D eigenvalue weighted by Crippen LogP contribution is 2.35. The molecule has 1 aliphatic heterocycles. The molecular weight excluding hydrogens is 512 g/mol. The van der Waals surface area contributed by atoms with Gasteiger partial charge in [0.25, 0.3) is 0 Å². The number of nitrogens with one attached hydrogen (secondary N) is 2. The molecule has 0 aliphatic carbocycles. The molecule has 5 rings (SSSR count). The lowest BCUT2D eigenvalue weighted by atomic mass is 9.86. The average molecular weight is 551 g/mol. The number of ether oxygens (including phenoxy) is 2. The van der Waals surface area contributed by atoms with Crippen LogP contribution in [0.4, 0.5) is 16.2 Å². The normalized spacial score (nSPS) is 15.3. The Balaban J connectivity index is 1.15. The SMILES string of the molecule is CC(C)(C)c1ccccc1Oc1ncccc1NC(=O)Nc1cccc(OCC2CCN(Cc3ccccc3)C2)c1. The van der Waals surface area contributed by atoms with Gasteiger partial charge in [0.05, 0.1) is 6.61 Å². The first-order valence-electron chi connectivity index (χ1n) is 14.1. The van der Waals surface area contributed by atoms with Crippen LogP contribution < -0.4 is 20.1 Å². The molecule has 4 aromatic rings. The molecule has 1 atom stereocenters. The molecule has 41 heavy (non-hydrogen) atoms. The molecule has 1 fully saturated rings. The number of benzene rings is 3. The second-order valence-electron chi connectivity index (χ2n) is 11.5. The standard InChI is InChI=1S/C34H38N4O3/c1-34(2,3)29-15-7-8-17-31(29)41-32-30(16-10-19-35-32)37-33(39)36-27-13-9-14-28(21-27)40-24-26-18-20-38(23-26)22-25-11-5-4-6-12-25/h4-17,19,21,26H,18,20,22-24H2,1-3H3,(H2,36,37,39). The fourth-order valence-electron chi connectivity index (χ4n) is 5.04. The quantitative estimate of drug-likeness (QED) is 0.223. The van der Waals surface area contributed by atoms with Gasteiger partial charge in [-0.3, -0.25) is 4.90 Å². The second kappa shape index (κ2) is 12.9. The third-order valence-electron chi connectivity index (χ3n) is 7.12. The highest BCUT2D eigenvalue weighted by molar-refractivity contribution is 6.00. The van der Waals surface area contributed by atoms with Gasteiger partial charge < -0.3 is 20.1 Å². The zero-order valence-electron chi connectivity index (χ0n) is 24.0. The first-order chi connectivity index (χ1) is 19.8. The molecule has 0 spiro atoms. The number of carbonyl (C=O) groups excluding carboxylic acids is 1. The van der Waals surface area contributed by atoms with Crippen molar-refractivity contribution in [3.63, 3.8) is 0 Å². The first kappa shape index (κ1) is 28.2. The Labute approximate surface area is 242 Å². The van der Waals surface area contributed by atoms with Crippen LogP contribution in [0.1, 0.15) is 38.3 Å². The molecule has 0 bridgehead atoms. The topological polar surface area (TPSA) is 75.7 Å². The maximum Gasteiger partial charge on any atom is 0.323 e. The molecular formula is C34H38N4O3. The van der Waals surface area contributed by atoms with Gasteiger partial charge in [0.15, 0.2) is 0 Å². The molecule has 3 aromatic carbocycles. The van der Waals surface area contributed by atoms with Gasteiger partial charge in [-0.2, -0.15) is 0 Å². The molecule has 0 saturated carbocycles. The number of anilines is 2. The molecule has 212 valence electrons. The van der Waals surface area contributed by atoms with Crippen molar-refractivity contribution < 1.29 is 14.3 Å². The van der Waals surface area contributed by atoms with Crippen molar-refractivity contribution in [2.75, 3.05) is 30.3 Å². The van der Waals surface area contributed by atoms with Gasteiger partial charge in [0.1, 0.15) is 17.2 Å². The van der Waals surface area contributed by atoms with E-state index < -0.39 is 6.03 Å². The highest BCUT2D eigenvalue weighted by atomic mass is 16.5. The van der Waals surface area contributed by atoms with E-state index in [9.17, 15) is 4.79 Å². The lowest BCUT2D eigenvalue weighted by Gasteiger charge is -2.22. The number of rotatable bonds is 9. The smallest absolute Gasteiger partial charge is 0.323 e. The molecule has 2 amide bonds. The van der Waals surface area contributed by atoms with Crippen LogP contribution in [0.3, 0.4) is 0 Å². The Bertz CT molecular complexity index is 1450. The zero-order valence-corrected chi connectivity index (χ0v) is 24.0. The third-order valence-corrected chi connectivity index (χ3v) is 7.12. The lowest BCUT2D eigenvalue weighted by molar-refractivity contribution is 0.238. The van der Waals surface area contributed by atoms with Crippen molar-refractivity contribution in [2.24, 2.45) is 5.92 Å². The number of para-hydroxylation sites is 1. The van der Waals surface area contributed by atoms with Gasteiger partial charge >= 0.3 is 6.03 Å². The molecule has 0 radical (unpaired) electrons. The number of likely N-dealkylation sites (tertiary alicyclic amines) is 1. The fraction of sp³-hybridized carbons (Fsp3) is 0.294. The first-order valence-corrected chi connectivity index (χ1v) is 14.1. The summed E-state index contributed by atoms with van der Waals surface area (Å²) in [4.78, 5) is 19.8. The minimum atomic E-state index is -0.392. The summed E-state index contributed by atoms with van der Waals surface area (Å²) in [5.74, 6) is 2.24. The van der Waals surface area contributed by atoms with E-state index in [1.165, 1.54) is 5.56 Å². The van der Waals surface area contributed by atoms with Crippen LogP contribution in [0.5, 0.6) is 17.4 Å². The Kier molecular flexibility index (Phi) is 8.85. The number of nitrogens with zero attached hydrogens (tertiary/aromatic N) is 2. The van der Waals surface area contributed by atoms with Gasteiger partial charge in [-0.05, 0) is 54.3 Å². The lowest BCUT2D eigenvalue weighted by Crippen LogP contribution is -2.22. The average Bonchev–Trinajstić information content (AvgIpc) is 3.40. The van der Waals surface area contributed by atoms with E-state index in [1.54, 1.807) is 18.3 Å². The van der Waals surface area contributed by atoms with Crippen LogP contribution >= 0.6 is 0 Å². The van der Waals surface area contributed by atoms with Crippen molar-refractivity contribution in [3.05, 3.63) is 108 Å². The summed E-state index contributed by atoms with van der Waals surface area (Å²) in [5, 5.41) is 5.77. The van der Waals surface area contributed by atoms with Gasteiger partial charge in [-0.1, -0.05) is 75.4 Å². The summed E-state index contributed by atoms with van der Waals surface area (Å²) in [6.07, 6.45) is 2.76. The molecule has 2 N–H and O–H groups in total. The minimum Gasteiger partial charge on any atom is -0.493 e. The van der Waals surface area contributed by atoms with E-state index in [4.69, 9.17) is 9.47 Å². The molecule has 7 nitrogen and oxygen atoms in total. The molecule has 2 heterocycles. The highest BCUT2D eigenvalue weighted by Gasteiger charge is 2.23. The van der Waals surface area contributed by atoms with Crippen molar-refractivity contribution in [1.29, 1.82) is 0 Å². The van der Waals surface area contributed by atoms with E-state index in [1.807, 2.05) is 48.5 Å². The van der Waals surface area contributed by atoms with E-state index in [2.05, 4.69) is 71.6 Å². The van der Waals surface area contributed by atoms with Crippen LogP contribution in [0, 0.1) is 5.92 Å². The summed E-state index contributed by atoms with van der Waals surface area (Å²) >= 11 is 0. The van der Waals surface area contributed by atoms with Gasteiger partial charge in [0, 0.05) is 42.5 Å². The van der Waals surface area contributed by atoms with E-state index in [0.29, 0.717) is 35.5 Å². The predicted octanol–water partition coefficient (Wildman–Crippen LogP) is 7.72. The number of urea groups is 1. The molecule has 1 aliphatic rings. The number of amides is 2. The third kappa shape index (κ3) is 7.86. The summed E-state index contributed by atoms with van der Waals surface area (Å²) in [6.45, 7) is 10.1. The molecule has 1 aromatic heterocycles. The largest absolute Gasteiger partial charge is 0.493 e. The van der Waals surface area contributed by atoms with Crippen LogP contribution in [0.25, 0.3) is 0 Å². The zero-order chi connectivity index (χ0) is 28.7. The number of pyridine rings is 1. The summed E-state index contributed by atoms with van der Waals surface area (Å²) in [6, 6.07) is 29.1. The second-order valence-corrected chi connectivity index (χ2v) is 11.5. The van der Waals surface area contributed by atoms with Crippen LogP contribution in [0.15, 0.2) is 97.2 Å². The van der Waals surface area contributed by atoms with Gasteiger partial charge in [-0.25, -0.2) is 9.78 Å². The van der Waals surface area contributed by atoms with Crippen molar-refractivity contribution in [3.8, 4) is 17.4 Å². The Morgan fingerprint density at radius 1 is 0.951 bits per heavy atom. The maximum atomic E-state index is 12.9. The van der Waals surface area contributed by atoms with Crippen molar-refractivity contribution >= 4 is 17.4 Å². The minimum absolute atomic E-state index is 0.108. The van der Waals surface area contributed by atoms with Crippen molar-refractivity contribution in [2.45, 2.75) is 39.2 Å². The van der Waals surface area contributed by atoms with Gasteiger partial charge in [-0.15, -0.1) is 0 Å². The maximum absolute atomic E-state index is 12.9. The monoisotopic (exact) mass is 550 g/mol. The fourth-order valence-corrected chi connectivity index (χ4v) is 5.04. The molecule has 1 saturated heterocycles. The van der Waals surface area contributed by atoms with Crippen LogP contribution in [-0.4, -0.2) is 35.6 Å². The Morgan fingerprint density at radius 2 is 1.76 bits per heavy atom. The number of hydrogen-bond donors (Lipinski definition) is 2. The summed E-state index contributed by atoms with van der Waals surface area (Å²) in [7, 11) is 0. The van der Waals surface area contributed by atoms with E-state index in [0.717, 1.165) is 37.4 Å². The van der Waals surface area contributed by atoms with E-state index >= 15 is 0 Å². The number of carbonyl (C=O) groups is 1. The summed E-state index contributed by atoms with van der Waals surface area (Å²) < 4.78 is 12.3. The molecule has 7 heteroatoms. The number of hydrogen-bond acceptors (Lipinski definition) is 5. The number of aromatic nitrogens is 1. The van der Waals surface area contributed by atoms with Crippen LogP contribution in [-0.2, 0) is 12.0 Å². The Morgan fingerprint density at radius 3 is 2.59 bits per heavy atom. The van der Waals surface area contributed by atoms with Gasteiger partial charge in [0.2, 0.25) is 5.88 Å². The van der Waals surface area contributed by atoms with Crippen molar-refractivity contribution in [1.82, 2.24) is 9.88 Å². The van der Waals surface area contributed by atoms with E-state index in [-0.39, 0.29) is 5.41 Å². The molecule has 1 unspecified atom stereocenters. The predicted molar refractivity (Wildman–Crippen MR) is 164 cm³/mol. The van der Waals surface area contributed by atoms with Crippen LogP contribution in [0.2, 0.25) is 0 Å². The summed E-state index contributed by atoms with van der Waals surface area (Å²) in [5.41, 5.74) is 3.40. The Hall–Kier alpha value is -4.36.